The van der Waals surface area contributed by atoms with Crippen LogP contribution in [0.15, 0.2) is 36.7 Å². The van der Waals surface area contributed by atoms with E-state index in [4.69, 9.17) is 9.84 Å². The maximum atomic E-state index is 10.8. The van der Waals surface area contributed by atoms with Gasteiger partial charge < -0.3 is 14.8 Å². The standard InChI is InChI=1S/C11H10N2O3/c14-11(15)10-9(12-7-13-10)6-16-8-4-2-1-3-5-8/h1-5,7H,6H2,(H,12,13)(H,14,15). The number of aromatic carboxylic acids is 1. The molecule has 5 nitrogen and oxygen atoms in total. The zero-order valence-corrected chi connectivity index (χ0v) is 8.38. The molecule has 0 fully saturated rings. The van der Waals surface area contributed by atoms with Gasteiger partial charge in [0.1, 0.15) is 12.4 Å². The van der Waals surface area contributed by atoms with E-state index in [0.717, 1.165) is 0 Å². The summed E-state index contributed by atoms with van der Waals surface area (Å²) in [6, 6.07) is 9.18. The number of carboxylic acids is 1. The van der Waals surface area contributed by atoms with Gasteiger partial charge in [-0.05, 0) is 12.1 Å². The first-order valence-electron chi connectivity index (χ1n) is 4.71. The van der Waals surface area contributed by atoms with Crippen molar-refractivity contribution in [3.05, 3.63) is 48.0 Å². The molecular weight excluding hydrogens is 208 g/mol. The molecule has 0 saturated carbocycles. The molecule has 0 amide bonds. The van der Waals surface area contributed by atoms with E-state index in [-0.39, 0.29) is 12.3 Å². The molecule has 0 aliphatic rings. The van der Waals surface area contributed by atoms with Gasteiger partial charge in [0.25, 0.3) is 0 Å². The second kappa shape index (κ2) is 4.48. The van der Waals surface area contributed by atoms with Crippen molar-refractivity contribution in [3.8, 4) is 5.75 Å². The minimum atomic E-state index is -1.06. The van der Waals surface area contributed by atoms with Crippen LogP contribution in [0.4, 0.5) is 0 Å². The normalized spacial score (nSPS) is 10.0. The molecule has 0 aliphatic carbocycles. The first-order chi connectivity index (χ1) is 7.77. The SMILES string of the molecule is O=C(O)c1nc[nH]c1COc1ccccc1. The number of nitrogens with one attached hydrogen (secondary N) is 1. The molecule has 0 atom stereocenters. The largest absolute Gasteiger partial charge is 0.487 e. The van der Waals surface area contributed by atoms with Crippen molar-refractivity contribution in [2.75, 3.05) is 0 Å². The third kappa shape index (κ3) is 2.20. The maximum absolute atomic E-state index is 10.8. The van der Waals surface area contributed by atoms with E-state index in [1.165, 1.54) is 6.33 Å². The fraction of sp³-hybridized carbons (Fsp3) is 0.0909. The Morgan fingerprint density at radius 1 is 1.38 bits per heavy atom. The molecular formula is C11H10N2O3. The minimum absolute atomic E-state index is 0.00377. The number of carboxylic acid groups (broad SMARTS) is 1. The predicted molar refractivity (Wildman–Crippen MR) is 56.3 cm³/mol. The van der Waals surface area contributed by atoms with Crippen LogP contribution in [0.25, 0.3) is 0 Å². The number of nitrogens with zero attached hydrogens (tertiary/aromatic N) is 1. The molecule has 16 heavy (non-hydrogen) atoms. The van der Waals surface area contributed by atoms with Crippen LogP contribution >= 0.6 is 0 Å². The molecule has 0 bridgehead atoms. The van der Waals surface area contributed by atoms with Gasteiger partial charge in [0.05, 0.1) is 12.0 Å². The smallest absolute Gasteiger partial charge is 0.356 e. The number of ether oxygens (including phenoxy) is 1. The Labute approximate surface area is 91.7 Å². The third-order valence-electron chi connectivity index (χ3n) is 2.05. The summed E-state index contributed by atoms with van der Waals surface area (Å²) < 4.78 is 5.41. The molecule has 82 valence electrons. The highest BCUT2D eigenvalue weighted by Gasteiger charge is 2.12. The van der Waals surface area contributed by atoms with Gasteiger partial charge in [0, 0.05) is 0 Å². The number of aromatic amines is 1. The van der Waals surface area contributed by atoms with Crippen LogP contribution in [0.2, 0.25) is 0 Å². The first kappa shape index (κ1) is 10.2. The van der Waals surface area contributed by atoms with E-state index in [0.29, 0.717) is 11.4 Å². The zero-order chi connectivity index (χ0) is 11.4. The molecule has 2 N–H and O–H groups in total. The summed E-state index contributed by atoms with van der Waals surface area (Å²) in [4.78, 5) is 17.2. The molecule has 2 aromatic rings. The molecule has 0 radical (unpaired) electrons. The van der Waals surface area contributed by atoms with Gasteiger partial charge in [0.2, 0.25) is 0 Å². The van der Waals surface area contributed by atoms with Gasteiger partial charge in [-0.2, -0.15) is 0 Å². The highest BCUT2D eigenvalue weighted by molar-refractivity contribution is 5.86. The van der Waals surface area contributed by atoms with E-state index in [1.54, 1.807) is 12.1 Å². The molecule has 0 aliphatic heterocycles. The van der Waals surface area contributed by atoms with Crippen molar-refractivity contribution in [2.45, 2.75) is 6.61 Å². The number of hydrogen-bond donors (Lipinski definition) is 2. The number of aromatic nitrogens is 2. The van der Waals surface area contributed by atoms with Crippen LogP contribution in [-0.4, -0.2) is 21.0 Å². The van der Waals surface area contributed by atoms with Gasteiger partial charge in [-0.25, -0.2) is 9.78 Å². The summed E-state index contributed by atoms with van der Waals surface area (Å²) in [5.41, 5.74) is 0.451. The highest BCUT2D eigenvalue weighted by Crippen LogP contribution is 2.12. The van der Waals surface area contributed by atoms with Crippen molar-refractivity contribution in [3.63, 3.8) is 0 Å². The first-order valence-corrected chi connectivity index (χ1v) is 4.71. The fourth-order valence-corrected chi connectivity index (χ4v) is 1.29. The van der Waals surface area contributed by atoms with Crippen LogP contribution in [-0.2, 0) is 6.61 Å². The Balaban J connectivity index is 2.05. The zero-order valence-electron chi connectivity index (χ0n) is 8.38. The molecule has 0 spiro atoms. The van der Waals surface area contributed by atoms with Gasteiger partial charge in [0.15, 0.2) is 5.69 Å². The Hall–Kier alpha value is -2.30. The molecule has 5 heteroatoms. The summed E-state index contributed by atoms with van der Waals surface area (Å²) in [6.45, 7) is 0.158. The molecule has 1 aromatic carbocycles. The Kier molecular flexibility index (Phi) is 2.86. The number of para-hydroxylation sites is 1. The number of H-pyrrole nitrogens is 1. The van der Waals surface area contributed by atoms with Crippen molar-refractivity contribution in [2.24, 2.45) is 0 Å². The lowest BCUT2D eigenvalue weighted by atomic mass is 10.3. The molecule has 1 heterocycles. The number of hydrogen-bond acceptors (Lipinski definition) is 3. The summed E-state index contributed by atoms with van der Waals surface area (Å²) in [5.74, 6) is -0.374. The van der Waals surface area contributed by atoms with Gasteiger partial charge in [-0.3, -0.25) is 0 Å². The van der Waals surface area contributed by atoms with Gasteiger partial charge in [-0.15, -0.1) is 0 Å². The van der Waals surface area contributed by atoms with E-state index < -0.39 is 5.97 Å². The molecule has 0 saturated heterocycles. The van der Waals surface area contributed by atoms with Crippen LogP contribution in [0.3, 0.4) is 0 Å². The molecule has 2 rings (SSSR count). The fourth-order valence-electron chi connectivity index (χ4n) is 1.29. The molecule has 1 aromatic heterocycles. The average molecular weight is 218 g/mol. The average Bonchev–Trinajstić information content (AvgIpc) is 2.76. The Morgan fingerprint density at radius 2 is 2.12 bits per heavy atom. The summed E-state index contributed by atoms with van der Waals surface area (Å²) in [7, 11) is 0. The Morgan fingerprint density at radius 3 is 2.81 bits per heavy atom. The van der Waals surface area contributed by atoms with Gasteiger partial charge in [-0.1, -0.05) is 18.2 Å². The summed E-state index contributed by atoms with van der Waals surface area (Å²) >= 11 is 0. The van der Waals surface area contributed by atoms with Gasteiger partial charge >= 0.3 is 5.97 Å². The third-order valence-corrected chi connectivity index (χ3v) is 2.05. The van der Waals surface area contributed by atoms with Crippen molar-refractivity contribution in [1.82, 2.24) is 9.97 Å². The topological polar surface area (TPSA) is 75.2 Å². The number of imidazole rings is 1. The van der Waals surface area contributed by atoms with E-state index >= 15 is 0 Å². The van der Waals surface area contributed by atoms with Crippen LogP contribution in [0.1, 0.15) is 16.2 Å². The lowest BCUT2D eigenvalue weighted by Gasteiger charge is -2.04. The monoisotopic (exact) mass is 218 g/mol. The predicted octanol–water partition coefficient (Wildman–Crippen LogP) is 1.69. The lowest BCUT2D eigenvalue weighted by molar-refractivity contribution is 0.0688. The number of carbonyl (C=O) groups is 1. The number of benzene rings is 1. The van der Waals surface area contributed by atoms with Crippen LogP contribution in [0, 0.1) is 0 Å². The lowest BCUT2D eigenvalue weighted by Crippen LogP contribution is -2.05. The minimum Gasteiger partial charge on any atom is -0.487 e. The van der Waals surface area contributed by atoms with E-state index in [2.05, 4.69) is 9.97 Å². The van der Waals surface area contributed by atoms with Crippen molar-refractivity contribution < 1.29 is 14.6 Å². The van der Waals surface area contributed by atoms with E-state index in [1.807, 2.05) is 18.2 Å². The summed E-state index contributed by atoms with van der Waals surface area (Å²) in [6.07, 6.45) is 1.34. The molecule has 0 unspecified atom stereocenters. The van der Waals surface area contributed by atoms with Crippen LogP contribution < -0.4 is 4.74 Å². The van der Waals surface area contributed by atoms with Crippen molar-refractivity contribution in [1.29, 1.82) is 0 Å². The second-order valence-electron chi connectivity index (χ2n) is 3.14. The Bertz CT molecular complexity index is 479. The van der Waals surface area contributed by atoms with Crippen LogP contribution in [0.5, 0.6) is 5.75 Å². The quantitative estimate of drug-likeness (QED) is 0.818. The van der Waals surface area contributed by atoms with Crippen molar-refractivity contribution >= 4 is 5.97 Å². The number of rotatable bonds is 4. The maximum Gasteiger partial charge on any atom is 0.356 e. The summed E-state index contributed by atoms with van der Waals surface area (Å²) in [5, 5.41) is 8.81. The van der Waals surface area contributed by atoms with E-state index in [9.17, 15) is 4.79 Å². The highest BCUT2D eigenvalue weighted by atomic mass is 16.5. The second-order valence-corrected chi connectivity index (χ2v) is 3.14.